The van der Waals surface area contributed by atoms with E-state index in [-0.39, 0.29) is 23.3 Å². The molecular weight excluding hydrogens is 344 g/mol. The van der Waals surface area contributed by atoms with E-state index in [4.69, 9.17) is 9.47 Å². The maximum Gasteiger partial charge on any atom is 0.246 e. The Labute approximate surface area is 149 Å². The van der Waals surface area contributed by atoms with Crippen LogP contribution in [0.5, 0.6) is 5.75 Å². The fraction of sp³-hybridized carbons (Fsp3) is 0.588. The van der Waals surface area contributed by atoms with Crippen LogP contribution in [0.1, 0.15) is 18.4 Å². The Morgan fingerprint density at radius 1 is 1.36 bits per heavy atom. The zero-order chi connectivity index (χ0) is 18.4. The second kappa shape index (κ2) is 8.64. The Kier molecular flexibility index (Phi) is 6.80. The molecule has 1 atom stereocenters. The van der Waals surface area contributed by atoms with Gasteiger partial charge in [0.1, 0.15) is 10.6 Å². The van der Waals surface area contributed by atoms with E-state index in [0.717, 1.165) is 5.56 Å². The van der Waals surface area contributed by atoms with Crippen LogP contribution in [0.15, 0.2) is 23.1 Å². The summed E-state index contributed by atoms with van der Waals surface area (Å²) in [6.45, 7) is 3.27. The van der Waals surface area contributed by atoms with Gasteiger partial charge < -0.3 is 14.8 Å². The molecule has 8 heteroatoms. The first kappa shape index (κ1) is 19.7. The summed E-state index contributed by atoms with van der Waals surface area (Å²) in [7, 11) is -0.699. The van der Waals surface area contributed by atoms with Gasteiger partial charge in [0.05, 0.1) is 19.6 Å². The van der Waals surface area contributed by atoms with Gasteiger partial charge in [0.15, 0.2) is 0 Å². The van der Waals surface area contributed by atoms with Crippen LogP contribution in [0, 0.1) is 12.8 Å². The molecule has 0 radical (unpaired) electrons. The van der Waals surface area contributed by atoms with Crippen molar-refractivity contribution in [1.29, 1.82) is 0 Å². The van der Waals surface area contributed by atoms with Gasteiger partial charge in [-0.25, -0.2) is 8.42 Å². The predicted molar refractivity (Wildman–Crippen MR) is 94.1 cm³/mol. The van der Waals surface area contributed by atoms with Crippen molar-refractivity contribution in [2.45, 2.75) is 24.7 Å². The highest BCUT2D eigenvalue weighted by atomic mass is 32.2. The predicted octanol–water partition coefficient (Wildman–Crippen LogP) is 1.17. The molecule has 1 fully saturated rings. The van der Waals surface area contributed by atoms with Gasteiger partial charge in [0, 0.05) is 26.7 Å². The summed E-state index contributed by atoms with van der Waals surface area (Å²) in [6, 6.07) is 5.07. The summed E-state index contributed by atoms with van der Waals surface area (Å²) in [5.74, 6) is -0.165. The third kappa shape index (κ3) is 4.71. The number of piperidine rings is 1. The van der Waals surface area contributed by atoms with Crippen LogP contribution >= 0.6 is 0 Å². The number of ether oxygens (including phenoxy) is 2. The van der Waals surface area contributed by atoms with Gasteiger partial charge in [-0.2, -0.15) is 4.31 Å². The van der Waals surface area contributed by atoms with E-state index in [1.807, 2.05) is 6.92 Å². The van der Waals surface area contributed by atoms with E-state index in [1.165, 1.54) is 11.4 Å². The van der Waals surface area contributed by atoms with Gasteiger partial charge in [-0.3, -0.25) is 4.79 Å². The van der Waals surface area contributed by atoms with E-state index in [1.54, 1.807) is 25.3 Å². The number of hydrogen-bond donors (Lipinski definition) is 1. The van der Waals surface area contributed by atoms with Crippen molar-refractivity contribution < 1.29 is 22.7 Å². The molecule has 0 bridgehead atoms. The summed E-state index contributed by atoms with van der Waals surface area (Å²) in [5, 5.41) is 2.79. The van der Waals surface area contributed by atoms with Crippen LogP contribution in [-0.4, -0.2) is 59.1 Å². The second-order valence-electron chi connectivity index (χ2n) is 6.14. The van der Waals surface area contributed by atoms with Crippen molar-refractivity contribution in [2.24, 2.45) is 5.92 Å². The summed E-state index contributed by atoms with van der Waals surface area (Å²) >= 11 is 0. The lowest BCUT2D eigenvalue weighted by Gasteiger charge is -2.31. The summed E-state index contributed by atoms with van der Waals surface area (Å²) < 4.78 is 37.6. The number of nitrogens with one attached hydrogen (secondary N) is 1. The van der Waals surface area contributed by atoms with Crippen LogP contribution in [0.3, 0.4) is 0 Å². The monoisotopic (exact) mass is 370 g/mol. The summed E-state index contributed by atoms with van der Waals surface area (Å²) in [5.41, 5.74) is 0.838. The molecule has 2 rings (SSSR count). The molecule has 1 aromatic rings. The van der Waals surface area contributed by atoms with Gasteiger partial charge in [-0.15, -0.1) is 0 Å². The third-order valence-corrected chi connectivity index (χ3v) is 6.18. The quantitative estimate of drug-likeness (QED) is 0.728. The molecule has 1 heterocycles. The van der Waals surface area contributed by atoms with Crippen molar-refractivity contribution in [3.8, 4) is 5.75 Å². The van der Waals surface area contributed by atoms with Crippen molar-refractivity contribution in [3.05, 3.63) is 23.8 Å². The molecule has 1 amide bonds. The first-order valence-electron chi connectivity index (χ1n) is 8.31. The molecule has 25 heavy (non-hydrogen) atoms. The molecule has 1 N–H and O–H groups in total. The Bertz CT molecular complexity index is 705. The first-order chi connectivity index (χ1) is 11.9. The Morgan fingerprint density at radius 3 is 2.80 bits per heavy atom. The highest BCUT2D eigenvalue weighted by Gasteiger charge is 2.34. The number of amides is 1. The standard InChI is InChI=1S/C17H26N2O5S/c1-13-6-7-15(24-3)16(11-13)25(21,22)19-9-4-5-14(12-19)17(20)18-8-10-23-2/h6-7,11,14H,4-5,8-10,12H2,1-3H3,(H,18,20)/t14-/m1/s1. The van der Waals surface area contributed by atoms with E-state index in [0.29, 0.717) is 38.3 Å². The fourth-order valence-corrected chi connectivity index (χ4v) is 4.68. The van der Waals surface area contributed by atoms with Crippen LogP contribution in [-0.2, 0) is 19.6 Å². The van der Waals surface area contributed by atoms with Crippen molar-refractivity contribution in [1.82, 2.24) is 9.62 Å². The number of methoxy groups -OCH3 is 2. The van der Waals surface area contributed by atoms with Crippen LogP contribution in [0.2, 0.25) is 0 Å². The lowest BCUT2D eigenvalue weighted by molar-refractivity contribution is -0.126. The van der Waals surface area contributed by atoms with Crippen molar-refractivity contribution >= 4 is 15.9 Å². The normalized spacial score (nSPS) is 18.8. The van der Waals surface area contributed by atoms with Crippen molar-refractivity contribution in [3.63, 3.8) is 0 Å². The molecule has 1 aliphatic rings. The van der Waals surface area contributed by atoms with Crippen LogP contribution in [0.4, 0.5) is 0 Å². The average Bonchev–Trinajstić information content (AvgIpc) is 2.62. The second-order valence-corrected chi connectivity index (χ2v) is 8.05. The molecule has 0 saturated carbocycles. The van der Waals surface area contributed by atoms with Crippen molar-refractivity contribution in [2.75, 3.05) is 40.5 Å². The molecule has 0 unspecified atom stereocenters. The maximum absolute atomic E-state index is 13.0. The number of carbonyl (C=O) groups is 1. The summed E-state index contributed by atoms with van der Waals surface area (Å²) in [6.07, 6.45) is 1.32. The lowest BCUT2D eigenvalue weighted by Crippen LogP contribution is -2.45. The van der Waals surface area contributed by atoms with Gasteiger partial charge in [0.2, 0.25) is 15.9 Å². The third-order valence-electron chi connectivity index (χ3n) is 4.30. The molecular formula is C17H26N2O5S. The van der Waals surface area contributed by atoms with Gasteiger partial charge >= 0.3 is 0 Å². The van der Waals surface area contributed by atoms with Crippen LogP contribution in [0.25, 0.3) is 0 Å². The average molecular weight is 370 g/mol. The molecule has 140 valence electrons. The smallest absolute Gasteiger partial charge is 0.246 e. The number of nitrogens with zero attached hydrogens (tertiary/aromatic N) is 1. The Morgan fingerprint density at radius 2 is 2.12 bits per heavy atom. The molecule has 0 aromatic heterocycles. The number of sulfonamides is 1. The topological polar surface area (TPSA) is 84.9 Å². The number of aryl methyl sites for hydroxylation is 1. The summed E-state index contributed by atoms with van der Waals surface area (Å²) in [4.78, 5) is 12.4. The maximum atomic E-state index is 13.0. The minimum Gasteiger partial charge on any atom is -0.495 e. The SMILES string of the molecule is COCCNC(=O)[C@@H]1CCCN(S(=O)(=O)c2cc(C)ccc2OC)C1. The molecule has 0 aliphatic carbocycles. The molecule has 1 saturated heterocycles. The first-order valence-corrected chi connectivity index (χ1v) is 9.75. The lowest BCUT2D eigenvalue weighted by atomic mass is 9.99. The largest absolute Gasteiger partial charge is 0.495 e. The van der Waals surface area contributed by atoms with E-state index < -0.39 is 10.0 Å². The van der Waals surface area contributed by atoms with Gasteiger partial charge in [0.25, 0.3) is 0 Å². The molecule has 7 nitrogen and oxygen atoms in total. The van der Waals surface area contributed by atoms with E-state index in [9.17, 15) is 13.2 Å². The van der Waals surface area contributed by atoms with E-state index >= 15 is 0 Å². The molecule has 1 aromatic carbocycles. The van der Waals surface area contributed by atoms with Gasteiger partial charge in [-0.1, -0.05) is 6.07 Å². The van der Waals surface area contributed by atoms with Gasteiger partial charge in [-0.05, 0) is 37.5 Å². The fourth-order valence-electron chi connectivity index (χ4n) is 2.92. The number of carbonyl (C=O) groups excluding carboxylic acids is 1. The number of benzene rings is 1. The molecule has 1 aliphatic heterocycles. The zero-order valence-corrected chi connectivity index (χ0v) is 15.8. The number of hydrogen-bond acceptors (Lipinski definition) is 5. The minimum atomic E-state index is -3.72. The van der Waals surface area contributed by atoms with E-state index in [2.05, 4.69) is 5.32 Å². The minimum absolute atomic E-state index is 0.131. The highest BCUT2D eigenvalue weighted by Crippen LogP contribution is 2.30. The Balaban J connectivity index is 2.17. The highest BCUT2D eigenvalue weighted by molar-refractivity contribution is 7.89. The van der Waals surface area contributed by atoms with Crippen LogP contribution < -0.4 is 10.1 Å². The zero-order valence-electron chi connectivity index (χ0n) is 14.9. The number of rotatable bonds is 7. The molecule has 0 spiro atoms. The Hall–Kier alpha value is -1.64.